The molecule has 0 N–H and O–H groups in total. The topological polar surface area (TPSA) is 61.8 Å². The molecule has 0 aromatic rings. The van der Waals surface area contributed by atoms with Gasteiger partial charge in [0.15, 0.2) is 6.10 Å². The van der Waals surface area contributed by atoms with Crippen LogP contribution < -0.4 is 0 Å². The van der Waals surface area contributed by atoms with Gasteiger partial charge < -0.3 is 14.2 Å². The summed E-state index contributed by atoms with van der Waals surface area (Å²) in [6.45, 7) is 7.46. The maximum absolute atomic E-state index is 12.8. The lowest BCUT2D eigenvalue weighted by Gasteiger charge is -2.18. The highest BCUT2D eigenvalue weighted by Gasteiger charge is 2.17. The molecule has 1 unspecified atom stereocenters. The average molecular weight is 917 g/mol. The molecule has 0 aliphatic carbocycles. The molecule has 0 aromatic heterocycles. The zero-order valence-electron chi connectivity index (χ0n) is 43.4. The highest BCUT2D eigenvalue weighted by molar-refractivity contribution is 5.70. The van der Waals surface area contributed by atoms with Crippen LogP contribution in [0.5, 0.6) is 0 Å². The van der Waals surface area contributed by atoms with Crippen molar-refractivity contribution in [3.8, 4) is 0 Å². The molecule has 1 atom stereocenters. The monoisotopic (exact) mass is 917 g/mol. The van der Waals surface area contributed by atoms with Gasteiger partial charge in [0.25, 0.3) is 0 Å². The third-order valence-electron chi connectivity index (χ3n) is 11.6. The Morgan fingerprint density at radius 3 is 1.11 bits per heavy atom. The second kappa shape index (κ2) is 56.1. The number of hydrogen-bond donors (Lipinski definition) is 0. The Morgan fingerprint density at radius 2 is 0.682 bits per heavy atom. The molecule has 378 valence electrons. The van der Waals surface area contributed by atoms with E-state index in [1.165, 1.54) is 116 Å². The van der Waals surface area contributed by atoms with Gasteiger partial charge in [0.05, 0.1) is 6.61 Å². The molecule has 66 heavy (non-hydrogen) atoms. The largest absolute Gasteiger partial charge is 0.462 e. The molecule has 0 heterocycles. The predicted molar refractivity (Wildman–Crippen MR) is 288 cm³/mol. The van der Waals surface area contributed by atoms with E-state index in [1.807, 2.05) is 0 Å². The van der Waals surface area contributed by atoms with E-state index in [2.05, 4.69) is 118 Å². The third-order valence-corrected chi connectivity index (χ3v) is 11.6. The number of carbonyl (C=O) groups excluding carboxylic acids is 2. The fraction of sp³-hybridized carbons (Fsp3) is 0.705. The molecule has 0 rings (SSSR count). The van der Waals surface area contributed by atoms with Crippen LogP contribution in [0, 0.1) is 0 Å². The van der Waals surface area contributed by atoms with Gasteiger partial charge in [0, 0.05) is 19.4 Å². The lowest BCUT2D eigenvalue weighted by Crippen LogP contribution is -2.30. The lowest BCUT2D eigenvalue weighted by atomic mass is 10.1. The van der Waals surface area contributed by atoms with E-state index in [4.69, 9.17) is 14.2 Å². The molecule has 0 saturated carbocycles. The molecule has 0 amide bonds. The number of hydrogen-bond acceptors (Lipinski definition) is 5. The standard InChI is InChI=1S/C61H104O5/c1-4-7-10-13-16-19-22-25-28-30-31-33-34-36-39-42-45-48-51-54-60(62)65-58-59(57-64-56-53-50-47-44-41-38-27-24-21-18-15-12-9-6-3)66-61(63)55-52-49-46-43-40-37-35-32-29-26-23-20-17-14-11-8-5-2/h8-9,11-12,17-18,20-21,25-29,38,44,47,59H,4-7,10,13-16,19,22-24,30-37,39-43,45-46,48-58H2,1-3H3/b11-8-,12-9-,20-17-,21-18-,28-25-,29-26-,38-27-,47-44-. The van der Waals surface area contributed by atoms with Crippen molar-refractivity contribution < 1.29 is 23.8 Å². The summed E-state index contributed by atoms with van der Waals surface area (Å²) in [6.07, 6.45) is 75.8. The number of carbonyl (C=O) groups is 2. The zero-order chi connectivity index (χ0) is 47.7. The summed E-state index contributed by atoms with van der Waals surface area (Å²) in [4.78, 5) is 25.5. The van der Waals surface area contributed by atoms with Crippen LogP contribution in [0.4, 0.5) is 0 Å². The maximum Gasteiger partial charge on any atom is 0.306 e. The van der Waals surface area contributed by atoms with Crippen LogP contribution in [0.15, 0.2) is 97.2 Å². The van der Waals surface area contributed by atoms with Gasteiger partial charge in [-0.2, -0.15) is 0 Å². The summed E-state index contributed by atoms with van der Waals surface area (Å²) in [5.41, 5.74) is 0. The highest BCUT2D eigenvalue weighted by atomic mass is 16.6. The fourth-order valence-electron chi connectivity index (χ4n) is 7.52. The molecule has 0 aliphatic rings. The zero-order valence-corrected chi connectivity index (χ0v) is 43.4. The first-order chi connectivity index (χ1) is 32.6. The fourth-order valence-corrected chi connectivity index (χ4v) is 7.52. The first-order valence-corrected chi connectivity index (χ1v) is 27.8. The van der Waals surface area contributed by atoms with Gasteiger partial charge in [-0.15, -0.1) is 0 Å². The Balaban J connectivity index is 4.34. The summed E-state index contributed by atoms with van der Waals surface area (Å²) in [7, 11) is 0. The van der Waals surface area contributed by atoms with E-state index in [0.717, 1.165) is 103 Å². The summed E-state index contributed by atoms with van der Waals surface area (Å²) in [5.74, 6) is -0.440. The Kier molecular flexibility index (Phi) is 53.4. The first kappa shape index (κ1) is 62.8. The molecule has 5 heteroatoms. The van der Waals surface area contributed by atoms with Crippen LogP contribution in [0.3, 0.4) is 0 Å². The van der Waals surface area contributed by atoms with E-state index in [-0.39, 0.29) is 25.2 Å². The summed E-state index contributed by atoms with van der Waals surface area (Å²) in [5, 5.41) is 0. The van der Waals surface area contributed by atoms with E-state index in [9.17, 15) is 9.59 Å². The van der Waals surface area contributed by atoms with E-state index in [1.54, 1.807) is 0 Å². The van der Waals surface area contributed by atoms with Gasteiger partial charge in [-0.05, 0) is 109 Å². The van der Waals surface area contributed by atoms with E-state index < -0.39 is 6.10 Å². The van der Waals surface area contributed by atoms with Crippen LogP contribution in [-0.2, 0) is 23.8 Å². The average Bonchev–Trinajstić information content (AvgIpc) is 3.32. The summed E-state index contributed by atoms with van der Waals surface area (Å²) < 4.78 is 17.4. The highest BCUT2D eigenvalue weighted by Crippen LogP contribution is 2.14. The number of esters is 2. The Labute approximate surface area is 409 Å². The minimum atomic E-state index is -0.576. The smallest absolute Gasteiger partial charge is 0.306 e. The molecule has 0 bridgehead atoms. The minimum absolute atomic E-state index is 0.0545. The molecular formula is C61H104O5. The molecular weight excluding hydrogens is 813 g/mol. The van der Waals surface area contributed by atoms with E-state index >= 15 is 0 Å². The maximum atomic E-state index is 12.8. The molecule has 0 aliphatic heterocycles. The molecule has 0 fully saturated rings. The second-order valence-corrected chi connectivity index (χ2v) is 18.1. The quantitative estimate of drug-likeness (QED) is 0.0346. The predicted octanol–water partition coefficient (Wildman–Crippen LogP) is 19.0. The van der Waals surface area contributed by atoms with Crippen LogP contribution >= 0.6 is 0 Å². The molecule has 0 radical (unpaired) electrons. The van der Waals surface area contributed by atoms with Crippen LogP contribution in [0.2, 0.25) is 0 Å². The van der Waals surface area contributed by atoms with Crippen molar-refractivity contribution in [2.75, 3.05) is 19.8 Å². The third kappa shape index (κ3) is 53.4. The normalized spacial score (nSPS) is 13.0. The number of rotatable bonds is 50. The van der Waals surface area contributed by atoms with Crippen molar-refractivity contribution in [2.45, 2.75) is 258 Å². The molecule has 0 spiro atoms. The first-order valence-electron chi connectivity index (χ1n) is 27.8. The van der Waals surface area contributed by atoms with Gasteiger partial charge in [0.2, 0.25) is 0 Å². The van der Waals surface area contributed by atoms with Crippen molar-refractivity contribution in [1.29, 1.82) is 0 Å². The van der Waals surface area contributed by atoms with Crippen molar-refractivity contribution in [3.05, 3.63) is 97.2 Å². The molecule has 5 nitrogen and oxygen atoms in total. The van der Waals surface area contributed by atoms with E-state index in [0.29, 0.717) is 19.4 Å². The van der Waals surface area contributed by atoms with Gasteiger partial charge in [0.1, 0.15) is 6.61 Å². The van der Waals surface area contributed by atoms with Gasteiger partial charge in [-0.25, -0.2) is 0 Å². The van der Waals surface area contributed by atoms with Crippen LogP contribution in [0.1, 0.15) is 252 Å². The van der Waals surface area contributed by atoms with Crippen LogP contribution in [0.25, 0.3) is 0 Å². The van der Waals surface area contributed by atoms with Gasteiger partial charge in [-0.3, -0.25) is 9.59 Å². The second-order valence-electron chi connectivity index (χ2n) is 18.1. The van der Waals surface area contributed by atoms with Gasteiger partial charge >= 0.3 is 11.9 Å². The molecule has 0 aromatic carbocycles. The van der Waals surface area contributed by atoms with Crippen LogP contribution in [-0.4, -0.2) is 37.9 Å². The summed E-state index contributed by atoms with van der Waals surface area (Å²) >= 11 is 0. The Hall–Kier alpha value is -3.18. The Morgan fingerprint density at radius 1 is 0.348 bits per heavy atom. The molecule has 0 saturated heterocycles. The van der Waals surface area contributed by atoms with Crippen molar-refractivity contribution >= 4 is 11.9 Å². The number of allylic oxidation sites excluding steroid dienone is 16. The lowest BCUT2D eigenvalue weighted by molar-refractivity contribution is -0.163. The minimum Gasteiger partial charge on any atom is -0.462 e. The SMILES string of the molecule is CC/C=C\C/C=C\C/C=C\C/C=C\CCCOCC(COC(=O)CCCCCCCCCCC/C=C\CCCCCCCC)OC(=O)CCCCCCCCC/C=C\C/C=C\C/C=C\CC. The number of ether oxygens (including phenoxy) is 3. The van der Waals surface area contributed by atoms with Crippen molar-refractivity contribution in [1.82, 2.24) is 0 Å². The van der Waals surface area contributed by atoms with Gasteiger partial charge in [-0.1, -0.05) is 227 Å². The summed E-state index contributed by atoms with van der Waals surface area (Å²) in [6, 6.07) is 0. The Bertz CT molecular complexity index is 1270. The number of unbranched alkanes of at least 4 members (excludes halogenated alkanes) is 23. The van der Waals surface area contributed by atoms with Crippen molar-refractivity contribution in [3.63, 3.8) is 0 Å². The van der Waals surface area contributed by atoms with Crippen molar-refractivity contribution in [2.24, 2.45) is 0 Å².